The molecule has 0 aliphatic carbocycles. The number of amides is 2. The Labute approximate surface area is 149 Å². The third kappa shape index (κ3) is 3.61. The molecule has 1 atom stereocenters. The van der Waals surface area contributed by atoms with Gasteiger partial charge >= 0.3 is 6.03 Å². The molecule has 8 heteroatoms. The number of benzene rings is 1. The number of hydrogen-bond acceptors (Lipinski definition) is 2. The number of carbonyl (C=O) groups is 1. The van der Waals surface area contributed by atoms with Crippen molar-refractivity contribution in [3.8, 4) is 5.69 Å². The van der Waals surface area contributed by atoms with Crippen LogP contribution in [0.15, 0.2) is 30.3 Å². The minimum atomic E-state index is -2.72. The predicted molar refractivity (Wildman–Crippen MR) is 92.6 cm³/mol. The number of nitrogens with zero attached hydrogens (tertiary/aromatic N) is 3. The zero-order valence-electron chi connectivity index (χ0n) is 14.0. The number of piperidine rings is 1. The third-order valence-corrected chi connectivity index (χ3v) is 4.74. The van der Waals surface area contributed by atoms with E-state index >= 15 is 0 Å². The maximum Gasteiger partial charge on any atom is 0.323 e. The number of urea groups is 1. The zero-order valence-corrected chi connectivity index (χ0v) is 14.7. The van der Waals surface area contributed by atoms with Crippen molar-refractivity contribution in [1.29, 1.82) is 0 Å². The molecular weight excluding hydrogens is 350 g/mol. The van der Waals surface area contributed by atoms with E-state index in [2.05, 4.69) is 10.4 Å². The molecule has 1 saturated heterocycles. The molecule has 0 bridgehead atoms. The molecule has 0 saturated carbocycles. The second kappa shape index (κ2) is 6.63. The molecule has 1 N–H and O–H groups in total. The van der Waals surface area contributed by atoms with E-state index in [9.17, 15) is 13.6 Å². The van der Waals surface area contributed by atoms with E-state index in [4.69, 9.17) is 11.6 Å². The fraction of sp³-hybridized carbons (Fsp3) is 0.412. The first kappa shape index (κ1) is 17.7. The maximum absolute atomic E-state index is 13.6. The number of hydrogen-bond donors (Lipinski definition) is 1. The molecule has 1 aromatic carbocycles. The van der Waals surface area contributed by atoms with Gasteiger partial charge in [0.15, 0.2) is 5.82 Å². The quantitative estimate of drug-likeness (QED) is 0.857. The first-order chi connectivity index (χ1) is 11.8. The van der Waals surface area contributed by atoms with Crippen LogP contribution in [-0.2, 0) is 0 Å². The van der Waals surface area contributed by atoms with Crippen molar-refractivity contribution in [2.75, 3.05) is 18.4 Å². The van der Waals surface area contributed by atoms with Gasteiger partial charge < -0.3 is 4.90 Å². The monoisotopic (exact) mass is 368 g/mol. The van der Waals surface area contributed by atoms with Crippen LogP contribution >= 0.6 is 11.6 Å². The first-order valence-electron chi connectivity index (χ1n) is 8.03. The van der Waals surface area contributed by atoms with Crippen LogP contribution in [0, 0.1) is 12.8 Å². The van der Waals surface area contributed by atoms with Gasteiger partial charge in [-0.05, 0) is 19.1 Å². The summed E-state index contributed by atoms with van der Waals surface area (Å²) >= 11 is 6.18. The van der Waals surface area contributed by atoms with Crippen LogP contribution in [-0.4, -0.2) is 39.7 Å². The number of para-hydroxylation sites is 1. The minimum absolute atomic E-state index is 0.0169. The average molecular weight is 369 g/mol. The van der Waals surface area contributed by atoms with E-state index in [1.54, 1.807) is 16.8 Å². The number of likely N-dealkylation sites (tertiary alicyclic amines) is 1. The zero-order chi connectivity index (χ0) is 18.2. The van der Waals surface area contributed by atoms with Crippen molar-refractivity contribution >= 4 is 23.4 Å². The molecular formula is C17H19ClF2N4O. The molecule has 1 aliphatic rings. The Morgan fingerprint density at radius 3 is 2.80 bits per heavy atom. The molecule has 1 aromatic heterocycles. The first-order valence-corrected chi connectivity index (χ1v) is 8.41. The van der Waals surface area contributed by atoms with Crippen LogP contribution in [0.5, 0.6) is 0 Å². The lowest BCUT2D eigenvalue weighted by atomic mass is 9.96. The number of aromatic nitrogens is 2. The topological polar surface area (TPSA) is 50.2 Å². The molecule has 2 heterocycles. The smallest absolute Gasteiger partial charge is 0.323 e. The second-order valence-electron chi connectivity index (χ2n) is 6.32. The molecule has 25 heavy (non-hydrogen) atoms. The Morgan fingerprint density at radius 2 is 2.12 bits per heavy atom. The lowest BCUT2D eigenvalue weighted by Crippen LogP contribution is -2.49. The van der Waals surface area contributed by atoms with Crippen molar-refractivity contribution in [3.05, 3.63) is 41.0 Å². The molecule has 3 rings (SSSR count). The Morgan fingerprint density at radius 1 is 1.40 bits per heavy atom. The summed E-state index contributed by atoms with van der Waals surface area (Å²) in [5.74, 6) is -3.24. The summed E-state index contributed by atoms with van der Waals surface area (Å²) in [4.78, 5) is 13.7. The Hall–Kier alpha value is -2.15. The molecule has 1 fully saturated rings. The summed E-state index contributed by atoms with van der Waals surface area (Å²) in [5.41, 5.74) is 1.50. The summed E-state index contributed by atoms with van der Waals surface area (Å²) in [6, 6.07) is 8.53. The van der Waals surface area contributed by atoms with Crippen LogP contribution < -0.4 is 5.32 Å². The second-order valence-corrected chi connectivity index (χ2v) is 6.73. The van der Waals surface area contributed by atoms with E-state index in [0.29, 0.717) is 16.5 Å². The van der Waals surface area contributed by atoms with Gasteiger partial charge in [-0.15, -0.1) is 5.10 Å². The highest BCUT2D eigenvalue weighted by molar-refractivity contribution is 6.32. The highest BCUT2D eigenvalue weighted by Gasteiger charge is 2.42. The molecule has 134 valence electrons. The Bertz CT molecular complexity index is 793. The fourth-order valence-electron chi connectivity index (χ4n) is 2.86. The molecule has 0 radical (unpaired) electrons. The van der Waals surface area contributed by atoms with E-state index < -0.39 is 17.9 Å². The van der Waals surface area contributed by atoms with Gasteiger partial charge in [0.1, 0.15) is 0 Å². The predicted octanol–water partition coefficient (Wildman–Crippen LogP) is 4.34. The van der Waals surface area contributed by atoms with Gasteiger partial charge in [0.25, 0.3) is 5.92 Å². The van der Waals surface area contributed by atoms with Gasteiger partial charge in [0.05, 0.1) is 10.7 Å². The number of alkyl halides is 2. The van der Waals surface area contributed by atoms with E-state index in [-0.39, 0.29) is 19.5 Å². The summed E-state index contributed by atoms with van der Waals surface area (Å²) in [7, 11) is 0. The molecule has 2 aromatic rings. The number of halogens is 3. The number of aryl methyl sites for hydroxylation is 1. The maximum atomic E-state index is 13.6. The lowest BCUT2D eigenvalue weighted by Gasteiger charge is -2.36. The standard InChI is InChI=1S/C17H19ClF2N4O/c1-11-10-23(8-7-17(11,19)20)16(25)21-15-9-12(2)24(22-15)14-6-4-3-5-13(14)18/h3-6,9,11H,7-8,10H2,1-2H3,(H,21,22,25). The molecule has 5 nitrogen and oxygen atoms in total. The van der Waals surface area contributed by atoms with Gasteiger partial charge in [-0.1, -0.05) is 30.7 Å². The lowest BCUT2D eigenvalue weighted by molar-refractivity contribution is -0.0899. The normalized spacial score (nSPS) is 19.7. The summed E-state index contributed by atoms with van der Waals surface area (Å²) in [5, 5.41) is 7.57. The summed E-state index contributed by atoms with van der Waals surface area (Å²) in [6.07, 6.45) is -0.325. The molecule has 1 unspecified atom stereocenters. The highest BCUT2D eigenvalue weighted by atomic mass is 35.5. The van der Waals surface area contributed by atoms with Crippen LogP contribution in [0.4, 0.5) is 19.4 Å². The van der Waals surface area contributed by atoms with Crippen molar-refractivity contribution < 1.29 is 13.6 Å². The molecule has 2 amide bonds. The van der Waals surface area contributed by atoms with Gasteiger partial charge in [-0.2, -0.15) is 0 Å². The average Bonchev–Trinajstić information content (AvgIpc) is 2.90. The van der Waals surface area contributed by atoms with E-state index in [1.807, 2.05) is 25.1 Å². The van der Waals surface area contributed by atoms with Crippen molar-refractivity contribution in [2.45, 2.75) is 26.2 Å². The Balaban J connectivity index is 1.73. The minimum Gasteiger partial charge on any atom is -0.324 e. The van der Waals surface area contributed by atoms with Gasteiger partial charge in [0.2, 0.25) is 0 Å². The van der Waals surface area contributed by atoms with Crippen LogP contribution in [0.1, 0.15) is 19.0 Å². The summed E-state index contributed by atoms with van der Waals surface area (Å²) < 4.78 is 28.7. The number of nitrogens with one attached hydrogen (secondary N) is 1. The molecule has 0 spiro atoms. The van der Waals surface area contributed by atoms with Crippen molar-refractivity contribution in [3.63, 3.8) is 0 Å². The fourth-order valence-corrected chi connectivity index (χ4v) is 3.08. The van der Waals surface area contributed by atoms with Crippen molar-refractivity contribution in [1.82, 2.24) is 14.7 Å². The molecule has 1 aliphatic heterocycles. The van der Waals surface area contributed by atoms with Crippen LogP contribution in [0.25, 0.3) is 5.69 Å². The van der Waals surface area contributed by atoms with Gasteiger partial charge in [-0.3, -0.25) is 5.32 Å². The van der Waals surface area contributed by atoms with Gasteiger partial charge in [0, 0.05) is 37.2 Å². The van der Waals surface area contributed by atoms with Crippen LogP contribution in [0.3, 0.4) is 0 Å². The van der Waals surface area contributed by atoms with Crippen LogP contribution in [0.2, 0.25) is 5.02 Å². The van der Waals surface area contributed by atoms with Crippen molar-refractivity contribution in [2.24, 2.45) is 5.92 Å². The number of anilines is 1. The van der Waals surface area contributed by atoms with E-state index in [1.165, 1.54) is 11.8 Å². The summed E-state index contributed by atoms with van der Waals surface area (Å²) in [6.45, 7) is 3.33. The SMILES string of the molecule is Cc1cc(NC(=O)N2CCC(F)(F)C(C)C2)nn1-c1ccccc1Cl. The Kier molecular flexibility index (Phi) is 4.69. The van der Waals surface area contributed by atoms with Gasteiger partial charge in [-0.25, -0.2) is 18.3 Å². The highest BCUT2D eigenvalue weighted by Crippen LogP contribution is 2.33. The largest absolute Gasteiger partial charge is 0.324 e. The third-order valence-electron chi connectivity index (χ3n) is 4.42. The number of carbonyl (C=O) groups excluding carboxylic acids is 1. The van der Waals surface area contributed by atoms with E-state index in [0.717, 1.165) is 5.69 Å². The number of rotatable bonds is 2.